The summed E-state index contributed by atoms with van der Waals surface area (Å²) >= 11 is 1.99. The zero-order chi connectivity index (χ0) is 22.1. The fourth-order valence-corrected chi connectivity index (χ4v) is 3.10. The van der Waals surface area contributed by atoms with E-state index >= 15 is 0 Å². The number of halogens is 3. The van der Waals surface area contributed by atoms with Crippen molar-refractivity contribution >= 4 is 40.2 Å². The minimum absolute atomic E-state index is 0.104. The van der Waals surface area contributed by atoms with Crippen molar-refractivity contribution in [3.05, 3.63) is 69.1 Å². The van der Waals surface area contributed by atoms with Crippen LogP contribution in [0.15, 0.2) is 42.5 Å². The van der Waals surface area contributed by atoms with Crippen molar-refractivity contribution in [2.24, 2.45) is 0 Å². The second-order valence-corrected chi connectivity index (χ2v) is 8.57. The summed E-state index contributed by atoms with van der Waals surface area (Å²) in [6.45, 7) is 12.2. The Morgan fingerprint density at radius 3 is 2.50 bits per heavy atom. The number of aromatic nitrogens is 2. The van der Waals surface area contributed by atoms with Crippen LogP contribution in [-0.4, -0.2) is 21.5 Å². The maximum atomic E-state index is 14.6. The molecule has 1 N–H and O–H groups in total. The van der Waals surface area contributed by atoms with Gasteiger partial charge in [-0.15, -0.1) is 5.10 Å². The van der Waals surface area contributed by atoms with Gasteiger partial charge in [0.2, 0.25) is 5.69 Å². The first-order valence-corrected chi connectivity index (χ1v) is 9.88. The first-order chi connectivity index (χ1) is 14.1. The molecule has 1 amide bonds. The number of hydrogen-bond donors (Lipinski definition) is 1. The average Bonchev–Trinajstić information content (AvgIpc) is 3.03. The Kier molecular flexibility index (Phi) is 6.07. The largest absolute Gasteiger partial charge is 0.444 e. The highest BCUT2D eigenvalue weighted by molar-refractivity contribution is 14.1. The number of anilines is 1. The number of amides is 1. The highest BCUT2D eigenvalue weighted by Gasteiger charge is 2.20. The van der Waals surface area contributed by atoms with E-state index in [-0.39, 0.29) is 17.2 Å². The topological polar surface area (TPSA) is 60.5 Å². The summed E-state index contributed by atoms with van der Waals surface area (Å²) in [6, 6.07) is 10.1. The van der Waals surface area contributed by atoms with Crippen molar-refractivity contribution < 1.29 is 18.3 Å². The Bertz CT molecular complexity index is 1160. The molecule has 6 nitrogen and oxygen atoms in total. The van der Waals surface area contributed by atoms with E-state index in [1.807, 2.05) is 22.6 Å². The third kappa shape index (κ3) is 4.94. The van der Waals surface area contributed by atoms with Crippen molar-refractivity contribution in [3.8, 4) is 16.9 Å². The first kappa shape index (κ1) is 21.7. The van der Waals surface area contributed by atoms with Crippen molar-refractivity contribution in [1.29, 1.82) is 0 Å². The standard InChI is InChI=1S/C21H17F2IN4O2/c1-21(2,3)30-20(29)26-19-11-18(12-5-7-16(25-4)14(22)9-12)28(27-19)17-8-6-13(24)10-15(17)23/h5-11H,1-3H3,(H,26,27,29). The molecule has 2 aromatic carbocycles. The van der Waals surface area contributed by atoms with Gasteiger partial charge in [0.25, 0.3) is 0 Å². The summed E-state index contributed by atoms with van der Waals surface area (Å²) in [5.74, 6) is -1.14. The Labute approximate surface area is 185 Å². The summed E-state index contributed by atoms with van der Waals surface area (Å²) in [6.07, 6.45) is -0.726. The molecule has 0 fully saturated rings. The smallest absolute Gasteiger partial charge is 0.413 e. The molecule has 0 spiro atoms. The molecule has 0 atom stereocenters. The molecular weight excluding hydrogens is 505 g/mol. The van der Waals surface area contributed by atoms with Crippen LogP contribution < -0.4 is 5.32 Å². The van der Waals surface area contributed by atoms with E-state index in [4.69, 9.17) is 11.3 Å². The van der Waals surface area contributed by atoms with Gasteiger partial charge >= 0.3 is 6.09 Å². The zero-order valence-corrected chi connectivity index (χ0v) is 18.5. The van der Waals surface area contributed by atoms with Crippen molar-refractivity contribution in [2.75, 3.05) is 5.32 Å². The second-order valence-electron chi connectivity index (χ2n) is 7.33. The zero-order valence-electron chi connectivity index (χ0n) is 16.3. The lowest BCUT2D eigenvalue weighted by atomic mass is 10.1. The van der Waals surface area contributed by atoms with E-state index in [1.54, 1.807) is 26.8 Å². The SMILES string of the molecule is [C-]#[N+]c1ccc(-c2cc(NC(=O)OC(C)(C)C)nn2-c2ccc(I)cc2F)cc1F. The van der Waals surface area contributed by atoms with Crippen LogP contribution in [0, 0.1) is 21.8 Å². The Morgan fingerprint density at radius 1 is 1.17 bits per heavy atom. The van der Waals surface area contributed by atoms with Crippen LogP contribution in [-0.2, 0) is 4.74 Å². The first-order valence-electron chi connectivity index (χ1n) is 8.80. The summed E-state index contributed by atoms with van der Waals surface area (Å²) in [7, 11) is 0. The molecule has 154 valence electrons. The van der Waals surface area contributed by atoms with Crippen LogP contribution in [0.2, 0.25) is 0 Å². The number of benzene rings is 2. The normalized spacial score (nSPS) is 11.1. The molecular formula is C21H17F2IN4O2. The lowest BCUT2D eigenvalue weighted by Crippen LogP contribution is -2.27. The Morgan fingerprint density at radius 2 is 1.90 bits per heavy atom. The van der Waals surface area contributed by atoms with Gasteiger partial charge in [-0.2, -0.15) is 0 Å². The van der Waals surface area contributed by atoms with Gasteiger partial charge in [0.1, 0.15) is 22.9 Å². The molecule has 3 rings (SSSR count). The van der Waals surface area contributed by atoms with E-state index in [0.29, 0.717) is 14.8 Å². The summed E-state index contributed by atoms with van der Waals surface area (Å²) in [5, 5.41) is 6.78. The minimum atomic E-state index is -0.726. The number of carbonyl (C=O) groups is 1. The van der Waals surface area contributed by atoms with Gasteiger partial charge < -0.3 is 4.74 Å². The highest BCUT2D eigenvalue weighted by atomic mass is 127. The fraction of sp³-hybridized carbons (Fsp3) is 0.190. The fourth-order valence-electron chi connectivity index (χ4n) is 2.65. The minimum Gasteiger partial charge on any atom is -0.444 e. The molecule has 0 aliphatic heterocycles. The van der Waals surface area contributed by atoms with Crippen LogP contribution in [0.4, 0.5) is 25.1 Å². The molecule has 0 aliphatic rings. The molecule has 9 heteroatoms. The second kappa shape index (κ2) is 8.39. The van der Waals surface area contributed by atoms with Crippen molar-refractivity contribution in [3.63, 3.8) is 0 Å². The van der Waals surface area contributed by atoms with Crippen molar-refractivity contribution in [2.45, 2.75) is 26.4 Å². The average molecular weight is 522 g/mol. The molecule has 0 saturated heterocycles. The Balaban J connectivity index is 2.09. The number of ether oxygens (including phenoxy) is 1. The maximum Gasteiger partial charge on any atom is 0.413 e. The van der Waals surface area contributed by atoms with E-state index in [2.05, 4.69) is 15.3 Å². The molecule has 1 aromatic heterocycles. The van der Waals surface area contributed by atoms with Gasteiger partial charge in [0.15, 0.2) is 5.82 Å². The van der Waals surface area contributed by atoms with Crippen LogP contribution in [0.5, 0.6) is 0 Å². The molecule has 30 heavy (non-hydrogen) atoms. The Hall–Kier alpha value is -3.00. The van der Waals surface area contributed by atoms with Gasteiger partial charge in [-0.05, 0) is 67.6 Å². The summed E-state index contributed by atoms with van der Waals surface area (Å²) in [4.78, 5) is 15.2. The number of hydrogen-bond acceptors (Lipinski definition) is 3. The van der Waals surface area contributed by atoms with Gasteiger partial charge in [-0.1, -0.05) is 12.1 Å². The van der Waals surface area contributed by atoms with Crippen LogP contribution in [0.25, 0.3) is 21.8 Å². The van der Waals surface area contributed by atoms with Crippen molar-refractivity contribution in [1.82, 2.24) is 9.78 Å². The van der Waals surface area contributed by atoms with Crippen LogP contribution in [0.3, 0.4) is 0 Å². The van der Waals surface area contributed by atoms with Gasteiger partial charge in [-0.25, -0.2) is 23.1 Å². The van der Waals surface area contributed by atoms with Gasteiger partial charge in [0, 0.05) is 15.2 Å². The van der Waals surface area contributed by atoms with E-state index < -0.39 is 23.3 Å². The van der Waals surface area contributed by atoms with Gasteiger partial charge in [0.05, 0.1) is 12.3 Å². The highest BCUT2D eigenvalue weighted by Crippen LogP contribution is 2.31. The third-order valence-corrected chi connectivity index (χ3v) is 4.51. The molecule has 3 aromatic rings. The number of nitrogens with one attached hydrogen (secondary N) is 1. The predicted octanol–water partition coefficient (Wildman–Crippen LogP) is 6.32. The molecule has 0 unspecified atom stereocenters. The summed E-state index contributed by atoms with van der Waals surface area (Å²) < 4.78 is 36.0. The monoisotopic (exact) mass is 522 g/mol. The predicted molar refractivity (Wildman–Crippen MR) is 118 cm³/mol. The molecule has 0 aliphatic carbocycles. The lowest BCUT2D eigenvalue weighted by Gasteiger charge is -2.19. The molecule has 0 bridgehead atoms. The number of carbonyl (C=O) groups excluding carboxylic acids is 1. The van der Waals surface area contributed by atoms with E-state index in [0.717, 1.165) is 0 Å². The van der Waals surface area contributed by atoms with Gasteiger partial charge in [-0.3, -0.25) is 5.32 Å². The van der Waals surface area contributed by atoms with Crippen LogP contribution in [0.1, 0.15) is 20.8 Å². The molecule has 0 saturated carbocycles. The number of nitrogens with zero attached hydrogens (tertiary/aromatic N) is 3. The van der Waals surface area contributed by atoms with E-state index in [1.165, 1.54) is 41.1 Å². The lowest BCUT2D eigenvalue weighted by molar-refractivity contribution is 0.0635. The van der Waals surface area contributed by atoms with E-state index in [9.17, 15) is 13.6 Å². The quantitative estimate of drug-likeness (QED) is 0.324. The maximum absolute atomic E-state index is 14.6. The van der Waals surface area contributed by atoms with Crippen LogP contribution >= 0.6 is 22.6 Å². The summed E-state index contributed by atoms with van der Waals surface area (Å²) in [5.41, 5.74) is -0.0231. The number of rotatable bonds is 3. The molecule has 1 heterocycles. The molecule has 0 radical (unpaired) electrons. The third-order valence-electron chi connectivity index (χ3n) is 3.84.